The minimum absolute atomic E-state index is 0.0172. The maximum absolute atomic E-state index is 12.4. The first-order valence-electron chi connectivity index (χ1n) is 7.60. The Kier molecular flexibility index (Phi) is 4.29. The van der Waals surface area contributed by atoms with E-state index in [0.717, 1.165) is 24.1 Å². The Hall–Kier alpha value is -3.15. The Labute approximate surface area is 138 Å². The van der Waals surface area contributed by atoms with E-state index >= 15 is 0 Å². The van der Waals surface area contributed by atoms with Crippen molar-refractivity contribution in [2.75, 3.05) is 10.6 Å². The molecular formula is C18H16N2O4. The van der Waals surface area contributed by atoms with Crippen LogP contribution in [0.5, 0.6) is 0 Å². The normalized spacial score (nSPS) is 13.4. The minimum atomic E-state index is -1.05. The lowest BCUT2D eigenvalue weighted by molar-refractivity contribution is -0.116. The van der Waals surface area contributed by atoms with Crippen molar-refractivity contribution in [3.05, 3.63) is 59.2 Å². The lowest BCUT2D eigenvalue weighted by Crippen LogP contribution is -2.13. The average molecular weight is 324 g/mol. The van der Waals surface area contributed by atoms with Crippen molar-refractivity contribution in [2.45, 2.75) is 19.3 Å². The van der Waals surface area contributed by atoms with Crippen LogP contribution in [0.1, 0.15) is 39.1 Å². The Morgan fingerprint density at radius 1 is 1.04 bits per heavy atom. The molecule has 6 nitrogen and oxygen atoms in total. The average Bonchev–Trinajstić information content (AvgIpc) is 2.74. The van der Waals surface area contributed by atoms with E-state index in [1.807, 2.05) is 0 Å². The second kappa shape index (κ2) is 6.54. The zero-order valence-electron chi connectivity index (χ0n) is 12.8. The number of anilines is 2. The van der Waals surface area contributed by atoms with Gasteiger partial charge in [0, 0.05) is 23.4 Å². The maximum Gasteiger partial charge on any atom is 0.335 e. The van der Waals surface area contributed by atoms with E-state index in [2.05, 4.69) is 10.6 Å². The van der Waals surface area contributed by atoms with Gasteiger partial charge in [0.15, 0.2) is 0 Å². The first kappa shape index (κ1) is 15.7. The van der Waals surface area contributed by atoms with Gasteiger partial charge in [-0.1, -0.05) is 6.07 Å². The number of amides is 2. The monoisotopic (exact) mass is 324 g/mol. The molecule has 3 rings (SSSR count). The molecule has 2 aromatic carbocycles. The summed E-state index contributed by atoms with van der Waals surface area (Å²) in [5.41, 5.74) is 2.65. The molecule has 1 aliphatic heterocycles. The van der Waals surface area contributed by atoms with E-state index in [1.54, 1.807) is 30.3 Å². The third-order valence-corrected chi connectivity index (χ3v) is 3.86. The second-order valence-corrected chi connectivity index (χ2v) is 5.61. The van der Waals surface area contributed by atoms with Crippen LogP contribution in [-0.2, 0) is 11.2 Å². The summed E-state index contributed by atoms with van der Waals surface area (Å²) in [6.45, 7) is 0. The van der Waals surface area contributed by atoms with Gasteiger partial charge in [-0.3, -0.25) is 9.59 Å². The third kappa shape index (κ3) is 3.43. The van der Waals surface area contributed by atoms with Gasteiger partial charge in [-0.05, 0) is 54.8 Å². The van der Waals surface area contributed by atoms with E-state index in [4.69, 9.17) is 5.11 Å². The highest BCUT2D eigenvalue weighted by Crippen LogP contribution is 2.24. The van der Waals surface area contributed by atoms with Crippen molar-refractivity contribution >= 4 is 29.2 Å². The molecule has 2 aromatic rings. The van der Waals surface area contributed by atoms with Gasteiger partial charge >= 0.3 is 5.97 Å². The summed E-state index contributed by atoms with van der Waals surface area (Å²) in [4.78, 5) is 34.9. The van der Waals surface area contributed by atoms with Crippen LogP contribution >= 0.6 is 0 Å². The number of nitrogens with one attached hydrogen (secondary N) is 2. The summed E-state index contributed by atoms with van der Waals surface area (Å²) in [5, 5.41) is 14.5. The summed E-state index contributed by atoms with van der Waals surface area (Å²) in [5.74, 6) is -1.39. The molecule has 0 unspecified atom stereocenters. The number of rotatable bonds is 3. The Bertz CT molecular complexity index is 830. The summed E-state index contributed by atoms with van der Waals surface area (Å²) >= 11 is 0. The van der Waals surface area contributed by atoms with Crippen molar-refractivity contribution in [3.63, 3.8) is 0 Å². The fourth-order valence-corrected chi connectivity index (χ4v) is 2.65. The number of hydrogen-bond donors (Lipinski definition) is 3. The van der Waals surface area contributed by atoms with Crippen molar-refractivity contribution in [1.82, 2.24) is 0 Å². The van der Waals surface area contributed by atoms with Crippen LogP contribution in [0.4, 0.5) is 11.4 Å². The molecule has 1 heterocycles. The van der Waals surface area contributed by atoms with Gasteiger partial charge in [-0.2, -0.15) is 0 Å². The smallest absolute Gasteiger partial charge is 0.335 e. The molecule has 0 atom stereocenters. The van der Waals surface area contributed by atoms with Gasteiger partial charge in [0.05, 0.1) is 5.56 Å². The van der Waals surface area contributed by atoms with Crippen LogP contribution in [-0.4, -0.2) is 22.9 Å². The van der Waals surface area contributed by atoms with Gasteiger partial charge in [-0.15, -0.1) is 0 Å². The SMILES string of the molecule is O=C1CCCc2cc(C(=O)Nc3cccc(C(=O)O)c3)ccc2N1. The van der Waals surface area contributed by atoms with Gasteiger partial charge < -0.3 is 15.7 Å². The first-order chi connectivity index (χ1) is 11.5. The third-order valence-electron chi connectivity index (χ3n) is 3.86. The minimum Gasteiger partial charge on any atom is -0.478 e. The highest BCUT2D eigenvalue weighted by molar-refractivity contribution is 6.05. The van der Waals surface area contributed by atoms with E-state index in [1.165, 1.54) is 12.1 Å². The van der Waals surface area contributed by atoms with Crippen LogP contribution in [0, 0.1) is 0 Å². The number of aryl methyl sites for hydroxylation is 1. The Morgan fingerprint density at radius 3 is 2.67 bits per heavy atom. The molecule has 1 aliphatic rings. The molecular weight excluding hydrogens is 308 g/mol. The zero-order valence-corrected chi connectivity index (χ0v) is 12.8. The van der Waals surface area contributed by atoms with Gasteiger partial charge in [-0.25, -0.2) is 4.79 Å². The van der Waals surface area contributed by atoms with Crippen LogP contribution in [0.15, 0.2) is 42.5 Å². The van der Waals surface area contributed by atoms with Crippen LogP contribution in [0.3, 0.4) is 0 Å². The zero-order chi connectivity index (χ0) is 17.1. The summed E-state index contributed by atoms with van der Waals surface area (Å²) in [6.07, 6.45) is 1.94. The fraction of sp³-hybridized carbons (Fsp3) is 0.167. The predicted octanol–water partition coefficient (Wildman–Crippen LogP) is 2.91. The number of hydrogen-bond acceptors (Lipinski definition) is 3. The van der Waals surface area contributed by atoms with Crippen LogP contribution < -0.4 is 10.6 Å². The molecule has 122 valence electrons. The molecule has 0 radical (unpaired) electrons. The van der Waals surface area contributed by atoms with Crippen molar-refractivity contribution in [3.8, 4) is 0 Å². The molecule has 0 fully saturated rings. The highest BCUT2D eigenvalue weighted by atomic mass is 16.4. The van der Waals surface area contributed by atoms with Crippen molar-refractivity contribution in [2.24, 2.45) is 0 Å². The lowest BCUT2D eigenvalue weighted by atomic mass is 10.0. The Morgan fingerprint density at radius 2 is 1.88 bits per heavy atom. The number of carboxylic acids is 1. The number of fused-ring (bicyclic) bond motifs is 1. The lowest BCUT2D eigenvalue weighted by Gasteiger charge is -2.10. The number of carboxylic acid groups (broad SMARTS) is 1. The number of carbonyl (C=O) groups is 3. The quantitative estimate of drug-likeness (QED) is 0.809. The number of benzene rings is 2. The molecule has 0 aromatic heterocycles. The maximum atomic E-state index is 12.4. The number of carbonyl (C=O) groups excluding carboxylic acids is 2. The first-order valence-corrected chi connectivity index (χ1v) is 7.60. The molecule has 0 saturated carbocycles. The highest BCUT2D eigenvalue weighted by Gasteiger charge is 2.15. The largest absolute Gasteiger partial charge is 0.478 e. The van der Waals surface area contributed by atoms with Crippen LogP contribution in [0.25, 0.3) is 0 Å². The fourth-order valence-electron chi connectivity index (χ4n) is 2.65. The van der Waals surface area contributed by atoms with E-state index in [9.17, 15) is 14.4 Å². The number of aromatic carboxylic acids is 1. The predicted molar refractivity (Wildman–Crippen MR) is 89.4 cm³/mol. The van der Waals surface area contributed by atoms with Crippen molar-refractivity contribution < 1.29 is 19.5 Å². The van der Waals surface area contributed by atoms with Crippen LogP contribution in [0.2, 0.25) is 0 Å². The summed E-state index contributed by atoms with van der Waals surface area (Å²) in [6, 6.07) is 11.2. The molecule has 0 spiro atoms. The second-order valence-electron chi connectivity index (χ2n) is 5.61. The van der Waals surface area contributed by atoms with Gasteiger partial charge in [0.1, 0.15) is 0 Å². The van der Waals surface area contributed by atoms with E-state index in [-0.39, 0.29) is 17.4 Å². The molecule has 0 bridgehead atoms. The summed E-state index contributed by atoms with van der Waals surface area (Å²) < 4.78 is 0. The standard InChI is InChI=1S/C18H16N2O4/c21-16-6-2-3-11-9-12(7-8-15(11)20-16)17(22)19-14-5-1-4-13(10-14)18(23)24/h1,4-5,7-10H,2-3,6H2,(H,19,22)(H,20,21)(H,23,24). The molecule has 24 heavy (non-hydrogen) atoms. The topological polar surface area (TPSA) is 95.5 Å². The molecule has 0 saturated heterocycles. The molecule has 0 aliphatic carbocycles. The van der Waals surface area contributed by atoms with E-state index < -0.39 is 5.97 Å². The van der Waals surface area contributed by atoms with Gasteiger partial charge in [0.25, 0.3) is 5.91 Å². The molecule has 2 amide bonds. The van der Waals surface area contributed by atoms with Gasteiger partial charge in [0.2, 0.25) is 5.91 Å². The van der Waals surface area contributed by atoms with E-state index in [0.29, 0.717) is 17.7 Å². The Balaban J connectivity index is 1.81. The molecule has 3 N–H and O–H groups in total. The summed E-state index contributed by atoms with van der Waals surface area (Å²) in [7, 11) is 0. The molecule has 6 heteroatoms. The van der Waals surface area contributed by atoms with Crippen molar-refractivity contribution in [1.29, 1.82) is 0 Å².